The minimum Gasteiger partial charge on any atom is -0.480 e. The fourth-order valence-electron chi connectivity index (χ4n) is 2.73. The molecule has 0 saturated heterocycles. The topological polar surface area (TPSA) is 63.3 Å². The van der Waals surface area contributed by atoms with E-state index in [1.807, 2.05) is 0 Å². The van der Waals surface area contributed by atoms with E-state index in [1.54, 1.807) is 0 Å². The molecule has 0 aromatic heterocycles. The van der Waals surface area contributed by atoms with Gasteiger partial charge < -0.3 is 10.8 Å². The largest absolute Gasteiger partial charge is 0.480 e. The van der Waals surface area contributed by atoms with Crippen LogP contribution in [0.3, 0.4) is 0 Å². The van der Waals surface area contributed by atoms with Crippen molar-refractivity contribution in [2.45, 2.75) is 52.5 Å². The molecule has 2 atom stereocenters. The average Bonchev–Trinajstić information content (AvgIpc) is 2.25. The van der Waals surface area contributed by atoms with Crippen LogP contribution < -0.4 is 5.73 Å². The van der Waals surface area contributed by atoms with Crippen molar-refractivity contribution >= 4 is 5.97 Å². The van der Waals surface area contributed by atoms with Gasteiger partial charge in [0.2, 0.25) is 0 Å². The van der Waals surface area contributed by atoms with E-state index in [2.05, 4.69) is 39.8 Å². The predicted octanol–water partition coefficient (Wildman–Crippen LogP) is 2.91. The molecule has 1 rings (SSSR count). The Morgan fingerprint density at radius 3 is 2.17 bits per heavy atom. The van der Waals surface area contributed by atoms with Crippen molar-refractivity contribution in [2.24, 2.45) is 5.73 Å². The van der Waals surface area contributed by atoms with Gasteiger partial charge in [0.25, 0.3) is 0 Å². The molecular formula is C15H23NO2. The van der Waals surface area contributed by atoms with Gasteiger partial charge in [0.05, 0.1) is 0 Å². The van der Waals surface area contributed by atoms with Gasteiger partial charge in [0.1, 0.15) is 6.04 Å². The van der Waals surface area contributed by atoms with Crippen molar-refractivity contribution in [1.29, 1.82) is 0 Å². The second-order valence-corrected chi connectivity index (χ2v) is 5.10. The molecule has 0 aliphatic carbocycles. The third-order valence-electron chi connectivity index (χ3n) is 3.49. The highest BCUT2D eigenvalue weighted by atomic mass is 16.4. The Morgan fingerprint density at radius 1 is 1.28 bits per heavy atom. The van der Waals surface area contributed by atoms with Crippen LogP contribution in [0.5, 0.6) is 0 Å². The summed E-state index contributed by atoms with van der Waals surface area (Å²) in [7, 11) is 0. The maximum atomic E-state index is 10.9. The van der Waals surface area contributed by atoms with E-state index in [1.165, 1.54) is 22.3 Å². The first-order chi connectivity index (χ1) is 8.36. The van der Waals surface area contributed by atoms with E-state index in [9.17, 15) is 4.79 Å². The van der Waals surface area contributed by atoms with Gasteiger partial charge in [0, 0.05) is 0 Å². The highest BCUT2D eigenvalue weighted by Crippen LogP contribution is 2.30. The lowest BCUT2D eigenvalue weighted by atomic mass is 9.84. The Hall–Kier alpha value is -1.35. The van der Waals surface area contributed by atoms with E-state index in [4.69, 9.17) is 10.8 Å². The summed E-state index contributed by atoms with van der Waals surface area (Å²) in [5.41, 5.74) is 10.6. The van der Waals surface area contributed by atoms with Crippen molar-refractivity contribution in [3.63, 3.8) is 0 Å². The van der Waals surface area contributed by atoms with Gasteiger partial charge in [0.15, 0.2) is 0 Å². The van der Waals surface area contributed by atoms with Gasteiger partial charge in [-0.3, -0.25) is 4.79 Å². The SMILES string of the molecule is CCC(CC(N)C(=O)O)c1c(C)cc(C)cc1C. The Kier molecular flexibility index (Phi) is 4.91. The lowest BCUT2D eigenvalue weighted by Crippen LogP contribution is -2.32. The van der Waals surface area contributed by atoms with Crippen molar-refractivity contribution in [3.8, 4) is 0 Å². The van der Waals surface area contributed by atoms with Crippen LogP contribution in [-0.2, 0) is 4.79 Å². The molecule has 100 valence electrons. The fourth-order valence-corrected chi connectivity index (χ4v) is 2.73. The molecular weight excluding hydrogens is 226 g/mol. The number of nitrogens with two attached hydrogens (primary N) is 1. The van der Waals surface area contributed by atoms with Crippen LogP contribution in [0, 0.1) is 20.8 Å². The highest BCUT2D eigenvalue weighted by molar-refractivity contribution is 5.73. The monoisotopic (exact) mass is 249 g/mol. The molecule has 1 aromatic carbocycles. The molecule has 0 bridgehead atoms. The van der Waals surface area contributed by atoms with Crippen LogP contribution >= 0.6 is 0 Å². The molecule has 3 heteroatoms. The van der Waals surface area contributed by atoms with Crippen LogP contribution in [-0.4, -0.2) is 17.1 Å². The van der Waals surface area contributed by atoms with E-state index in [0.29, 0.717) is 6.42 Å². The molecule has 0 saturated carbocycles. The molecule has 0 spiro atoms. The maximum absolute atomic E-state index is 10.9. The van der Waals surface area contributed by atoms with Gasteiger partial charge in [-0.2, -0.15) is 0 Å². The van der Waals surface area contributed by atoms with E-state index < -0.39 is 12.0 Å². The zero-order valence-corrected chi connectivity index (χ0v) is 11.7. The Morgan fingerprint density at radius 2 is 1.78 bits per heavy atom. The van der Waals surface area contributed by atoms with Crippen LogP contribution in [0.1, 0.15) is 47.9 Å². The number of carbonyl (C=O) groups is 1. The molecule has 0 fully saturated rings. The van der Waals surface area contributed by atoms with Gasteiger partial charge in [-0.1, -0.05) is 24.6 Å². The zero-order valence-electron chi connectivity index (χ0n) is 11.7. The van der Waals surface area contributed by atoms with Gasteiger partial charge in [-0.15, -0.1) is 0 Å². The van der Waals surface area contributed by atoms with Crippen molar-refractivity contribution in [2.75, 3.05) is 0 Å². The number of aryl methyl sites for hydroxylation is 3. The summed E-state index contributed by atoms with van der Waals surface area (Å²) in [5.74, 6) is -0.701. The number of hydrogen-bond acceptors (Lipinski definition) is 2. The lowest BCUT2D eigenvalue weighted by Gasteiger charge is -2.22. The molecule has 0 amide bonds. The van der Waals surface area contributed by atoms with Crippen LogP contribution in [0.2, 0.25) is 0 Å². The summed E-state index contributed by atoms with van der Waals surface area (Å²) < 4.78 is 0. The standard InChI is InChI=1S/C15H23NO2/c1-5-12(8-13(16)15(17)18)14-10(3)6-9(2)7-11(14)4/h6-7,12-13H,5,8,16H2,1-4H3,(H,17,18). The quantitative estimate of drug-likeness (QED) is 0.843. The lowest BCUT2D eigenvalue weighted by molar-refractivity contribution is -0.138. The normalized spacial score (nSPS) is 14.3. The highest BCUT2D eigenvalue weighted by Gasteiger charge is 2.21. The summed E-state index contributed by atoms with van der Waals surface area (Å²) in [6.07, 6.45) is 1.41. The summed E-state index contributed by atoms with van der Waals surface area (Å²) in [6, 6.07) is 3.52. The number of benzene rings is 1. The van der Waals surface area contributed by atoms with Crippen LogP contribution in [0.4, 0.5) is 0 Å². The van der Waals surface area contributed by atoms with Crippen molar-refractivity contribution in [3.05, 3.63) is 34.4 Å². The van der Waals surface area contributed by atoms with E-state index in [0.717, 1.165) is 6.42 Å². The summed E-state index contributed by atoms with van der Waals surface area (Å²) >= 11 is 0. The average molecular weight is 249 g/mol. The summed E-state index contributed by atoms with van der Waals surface area (Å²) in [5, 5.41) is 8.93. The molecule has 18 heavy (non-hydrogen) atoms. The van der Waals surface area contributed by atoms with Crippen LogP contribution in [0.15, 0.2) is 12.1 Å². The first kappa shape index (κ1) is 14.7. The molecule has 3 nitrogen and oxygen atoms in total. The first-order valence-corrected chi connectivity index (χ1v) is 6.42. The minimum atomic E-state index is -0.920. The molecule has 1 aromatic rings. The Labute approximate surface area is 109 Å². The van der Waals surface area contributed by atoms with Gasteiger partial charge in [-0.05, 0) is 56.2 Å². The van der Waals surface area contributed by atoms with Crippen molar-refractivity contribution < 1.29 is 9.90 Å². The predicted molar refractivity (Wildman–Crippen MR) is 73.9 cm³/mol. The van der Waals surface area contributed by atoms with Gasteiger partial charge >= 0.3 is 5.97 Å². The maximum Gasteiger partial charge on any atom is 0.320 e. The number of hydrogen-bond donors (Lipinski definition) is 2. The third kappa shape index (κ3) is 3.33. The van der Waals surface area contributed by atoms with Gasteiger partial charge in [-0.25, -0.2) is 0 Å². The fraction of sp³-hybridized carbons (Fsp3) is 0.533. The molecule has 0 aliphatic heterocycles. The smallest absolute Gasteiger partial charge is 0.320 e. The van der Waals surface area contributed by atoms with Crippen LogP contribution in [0.25, 0.3) is 0 Å². The molecule has 2 unspecified atom stereocenters. The molecule has 0 aliphatic rings. The zero-order chi connectivity index (χ0) is 13.9. The summed E-state index contributed by atoms with van der Waals surface area (Å²) in [6.45, 7) is 8.33. The summed E-state index contributed by atoms with van der Waals surface area (Å²) in [4.78, 5) is 10.9. The molecule has 0 heterocycles. The van der Waals surface area contributed by atoms with E-state index >= 15 is 0 Å². The number of carboxylic acids is 1. The second-order valence-electron chi connectivity index (χ2n) is 5.10. The first-order valence-electron chi connectivity index (χ1n) is 6.42. The number of rotatable bonds is 5. The Bertz CT molecular complexity index is 417. The molecule has 0 radical (unpaired) electrons. The third-order valence-corrected chi connectivity index (χ3v) is 3.49. The Balaban J connectivity index is 3.06. The number of carboxylic acid groups (broad SMARTS) is 1. The minimum absolute atomic E-state index is 0.219. The second kappa shape index (κ2) is 6.01. The van der Waals surface area contributed by atoms with Crippen molar-refractivity contribution in [1.82, 2.24) is 0 Å². The van der Waals surface area contributed by atoms with E-state index in [-0.39, 0.29) is 5.92 Å². The molecule has 3 N–H and O–H groups in total. The number of aliphatic carboxylic acids is 1.